The van der Waals surface area contributed by atoms with Crippen LogP contribution in [0.2, 0.25) is 0 Å². The number of anilines is 2. The van der Waals surface area contributed by atoms with Crippen molar-refractivity contribution in [1.29, 1.82) is 0 Å². The fourth-order valence-electron chi connectivity index (χ4n) is 3.30. The van der Waals surface area contributed by atoms with E-state index in [1.54, 1.807) is 30.3 Å². The minimum atomic E-state index is -3.92. The molecule has 0 aliphatic carbocycles. The fourth-order valence-corrected chi connectivity index (χ4v) is 4.34. The zero-order valence-electron chi connectivity index (χ0n) is 17.8. The van der Waals surface area contributed by atoms with Crippen LogP contribution in [-0.2, 0) is 21.4 Å². The van der Waals surface area contributed by atoms with Gasteiger partial charge < -0.3 is 10.1 Å². The number of methoxy groups -OCH3 is 1. The highest BCUT2D eigenvalue weighted by Crippen LogP contribution is 2.28. The van der Waals surface area contributed by atoms with Gasteiger partial charge in [0.2, 0.25) is 10.0 Å². The summed E-state index contributed by atoms with van der Waals surface area (Å²) in [7, 11) is -2.40. The highest BCUT2D eigenvalue weighted by Gasteiger charge is 2.29. The van der Waals surface area contributed by atoms with E-state index in [1.165, 1.54) is 43.5 Å². The molecular formula is C22H19N5O6S. The molecule has 0 bridgehead atoms. The van der Waals surface area contributed by atoms with Crippen LogP contribution < -0.4 is 20.2 Å². The number of carbonyl (C=O) groups excluding carboxylic acids is 1. The van der Waals surface area contributed by atoms with Crippen LogP contribution in [0.5, 0.6) is 5.75 Å². The molecule has 4 rings (SSSR count). The maximum absolute atomic E-state index is 12.9. The van der Waals surface area contributed by atoms with Crippen molar-refractivity contribution in [3.05, 3.63) is 88.0 Å². The molecule has 1 heterocycles. The first kappa shape index (κ1) is 22.9. The van der Waals surface area contributed by atoms with E-state index in [1.807, 2.05) is 0 Å². The van der Waals surface area contributed by atoms with Crippen molar-refractivity contribution >= 4 is 38.7 Å². The van der Waals surface area contributed by atoms with E-state index in [4.69, 9.17) is 4.74 Å². The Bertz CT molecular complexity index is 1420. The summed E-state index contributed by atoms with van der Waals surface area (Å²) in [5, 5.41) is 17.8. The van der Waals surface area contributed by atoms with Gasteiger partial charge >= 0.3 is 0 Å². The predicted molar refractivity (Wildman–Crippen MR) is 125 cm³/mol. The Morgan fingerprint density at radius 2 is 1.88 bits per heavy atom. The Morgan fingerprint density at radius 1 is 1.09 bits per heavy atom. The lowest BCUT2D eigenvalue weighted by molar-refractivity contribution is -0.384. The third-order valence-corrected chi connectivity index (χ3v) is 6.41. The Labute approximate surface area is 194 Å². The van der Waals surface area contributed by atoms with Gasteiger partial charge in [-0.25, -0.2) is 13.1 Å². The third kappa shape index (κ3) is 4.72. The molecule has 34 heavy (non-hydrogen) atoms. The molecule has 0 unspecified atom stereocenters. The number of benzene rings is 3. The minimum Gasteiger partial charge on any atom is -0.497 e. The molecule has 0 aromatic heterocycles. The number of hydrogen-bond acceptors (Lipinski definition) is 8. The normalized spacial score (nSPS) is 13.9. The Hall–Kier alpha value is -4.29. The lowest BCUT2D eigenvalue weighted by Crippen LogP contribution is -2.23. The van der Waals surface area contributed by atoms with Crippen molar-refractivity contribution in [3.63, 3.8) is 0 Å². The van der Waals surface area contributed by atoms with Crippen molar-refractivity contribution in [2.24, 2.45) is 5.10 Å². The van der Waals surface area contributed by atoms with Crippen LogP contribution in [0.15, 0.2) is 76.7 Å². The molecule has 174 valence electrons. The summed E-state index contributed by atoms with van der Waals surface area (Å²) in [6.07, 6.45) is 0. The van der Waals surface area contributed by atoms with Crippen molar-refractivity contribution < 1.29 is 22.9 Å². The van der Waals surface area contributed by atoms with Gasteiger partial charge in [-0.1, -0.05) is 24.3 Å². The summed E-state index contributed by atoms with van der Waals surface area (Å²) < 4.78 is 33.4. The van der Waals surface area contributed by atoms with Crippen molar-refractivity contribution in [2.45, 2.75) is 11.4 Å². The van der Waals surface area contributed by atoms with Gasteiger partial charge in [0.25, 0.3) is 11.6 Å². The van der Waals surface area contributed by atoms with Gasteiger partial charge in [-0.15, -0.1) is 0 Å². The second kappa shape index (κ2) is 9.29. The SMILES string of the molecule is COc1cccc(CNS(=O)(=O)c2ccc3c(c2)/C(=N/Nc2ccccc2[N+](=O)[O-])C(=O)N3)c1. The predicted octanol–water partition coefficient (Wildman–Crippen LogP) is 2.85. The van der Waals surface area contributed by atoms with Gasteiger partial charge in [0.15, 0.2) is 5.71 Å². The zero-order valence-corrected chi connectivity index (χ0v) is 18.6. The molecule has 0 fully saturated rings. The number of para-hydroxylation sites is 2. The number of nitro groups is 1. The molecule has 0 saturated carbocycles. The van der Waals surface area contributed by atoms with E-state index in [9.17, 15) is 23.3 Å². The Morgan fingerprint density at radius 3 is 2.65 bits per heavy atom. The molecule has 0 radical (unpaired) electrons. The van der Waals surface area contributed by atoms with Crippen LogP contribution >= 0.6 is 0 Å². The molecule has 1 aliphatic heterocycles. The van der Waals surface area contributed by atoms with E-state index >= 15 is 0 Å². The lowest BCUT2D eigenvalue weighted by atomic mass is 10.1. The van der Waals surface area contributed by atoms with Gasteiger partial charge in [-0.3, -0.25) is 20.3 Å². The fraction of sp³-hybridized carbons (Fsp3) is 0.0909. The van der Waals surface area contributed by atoms with Crippen LogP contribution in [0, 0.1) is 10.1 Å². The number of ether oxygens (including phenoxy) is 1. The minimum absolute atomic E-state index is 0.0357. The number of hydrazone groups is 1. The number of nitro benzene ring substituents is 1. The maximum atomic E-state index is 12.9. The Kier molecular flexibility index (Phi) is 6.25. The van der Waals surface area contributed by atoms with Crippen molar-refractivity contribution in [1.82, 2.24) is 4.72 Å². The molecule has 3 N–H and O–H groups in total. The topological polar surface area (TPSA) is 152 Å². The molecular weight excluding hydrogens is 462 g/mol. The standard InChI is InChI=1S/C22H19N5O6S/c1-33-15-6-4-5-14(11-15)13-23-34(31,32)16-9-10-18-17(12-16)21(22(28)24-18)26-25-19-7-2-3-8-20(19)27(29)30/h2-12,23,25H,13H2,1H3,(H,24,26,28). The molecule has 0 saturated heterocycles. The summed E-state index contributed by atoms with van der Waals surface area (Å²) >= 11 is 0. The second-order valence-corrected chi connectivity index (χ2v) is 8.95. The molecule has 0 spiro atoms. The summed E-state index contributed by atoms with van der Waals surface area (Å²) in [5.74, 6) is 0.0331. The van der Waals surface area contributed by atoms with Crippen molar-refractivity contribution in [3.8, 4) is 5.75 Å². The smallest absolute Gasteiger partial charge is 0.294 e. The first-order valence-corrected chi connectivity index (χ1v) is 11.4. The highest BCUT2D eigenvalue weighted by molar-refractivity contribution is 7.89. The van der Waals surface area contributed by atoms with E-state index < -0.39 is 20.9 Å². The van der Waals surface area contributed by atoms with Crippen LogP contribution in [-0.4, -0.2) is 32.1 Å². The maximum Gasteiger partial charge on any atom is 0.294 e. The van der Waals surface area contributed by atoms with E-state index in [-0.39, 0.29) is 34.1 Å². The molecule has 12 heteroatoms. The quantitative estimate of drug-likeness (QED) is 0.330. The van der Waals surface area contributed by atoms with Gasteiger partial charge in [-0.05, 0) is 42.0 Å². The van der Waals surface area contributed by atoms with Gasteiger partial charge in [0, 0.05) is 18.2 Å². The number of sulfonamides is 1. The second-order valence-electron chi connectivity index (χ2n) is 7.18. The zero-order chi connectivity index (χ0) is 24.3. The number of rotatable bonds is 8. The molecule has 1 amide bonds. The third-order valence-electron chi connectivity index (χ3n) is 5.01. The summed E-state index contributed by atoms with van der Waals surface area (Å²) in [6, 6.07) is 16.9. The molecule has 3 aromatic carbocycles. The van der Waals surface area contributed by atoms with Crippen LogP contribution in [0.25, 0.3) is 0 Å². The van der Waals surface area contributed by atoms with Gasteiger partial charge in [0.1, 0.15) is 11.4 Å². The first-order chi connectivity index (χ1) is 16.3. The number of nitrogens with zero attached hydrogens (tertiary/aromatic N) is 2. The van der Waals surface area contributed by atoms with Crippen LogP contribution in [0.1, 0.15) is 11.1 Å². The van der Waals surface area contributed by atoms with Gasteiger partial charge in [0.05, 0.1) is 22.6 Å². The molecule has 3 aromatic rings. The summed E-state index contributed by atoms with van der Waals surface area (Å²) in [5.41, 5.74) is 3.63. The highest BCUT2D eigenvalue weighted by atomic mass is 32.2. The van der Waals surface area contributed by atoms with Crippen LogP contribution in [0.3, 0.4) is 0 Å². The number of hydrogen-bond donors (Lipinski definition) is 3. The average molecular weight is 481 g/mol. The molecule has 0 atom stereocenters. The lowest BCUT2D eigenvalue weighted by Gasteiger charge is -2.09. The number of amides is 1. The summed E-state index contributed by atoms with van der Waals surface area (Å²) in [6.45, 7) is 0.0357. The van der Waals surface area contributed by atoms with E-state index in [0.29, 0.717) is 17.0 Å². The van der Waals surface area contributed by atoms with Crippen molar-refractivity contribution in [2.75, 3.05) is 17.9 Å². The number of carbonyl (C=O) groups is 1. The monoisotopic (exact) mass is 481 g/mol. The Balaban J connectivity index is 1.59. The van der Waals surface area contributed by atoms with E-state index in [2.05, 4.69) is 20.6 Å². The average Bonchev–Trinajstić information content (AvgIpc) is 3.15. The number of nitrogens with one attached hydrogen (secondary N) is 3. The van der Waals surface area contributed by atoms with Gasteiger partial charge in [-0.2, -0.15) is 5.10 Å². The largest absolute Gasteiger partial charge is 0.497 e. The summed E-state index contributed by atoms with van der Waals surface area (Å²) in [4.78, 5) is 23.0. The number of fused-ring (bicyclic) bond motifs is 1. The van der Waals surface area contributed by atoms with Crippen LogP contribution in [0.4, 0.5) is 17.1 Å². The molecule has 11 nitrogen and oxygen atoms in total. The first-order valence-electron chi connectivity index (χ1n) is 9.94. The van der Waals surface area contributed by atoms with E-state index in [0.717, 1.165) is 0 Å². The molecule has 1 aliphatic rings.